The number of guanidine groups is 1. The predicted molar refractivity (Wildman–Crippen MR) is 120 cm³/mol. The Morgan fingerprint density at radius 1 is 1.04 bits per heavy atom. The highest BCUT2D eigenvalue weighted by molar-refractivity contribution is 14.0. The van der Waals surface area contributed by atoms with E-state index in [1.165, 1.54) is 5.56 Å². The summed E-state index contributed by atoms with van der Waals surface area (Å²) < 4.78 is 5.17. The second kappa shape index (κ2) is 12.2. The lowest BCUT2D eigenvalue weighted by Gasteiger charge is -2.11. The summed E-state index contributed by atoms with van der Waals surface area (Å²) in [5, 5.41) is 6.56. The summed E-state index contributed by atoms with van der Waals surface area (Å²) in [6.07, 6.45) is 0.891. The van der Waals surface area contributed by atoms with Crippen molar-refractivity contribution in [2.45, 2.75) is 19.9 Å². The Morgan fingerprint density at radius 3 is 2.22 bits per heavy atom. The van der Waals surface area contributed by atoms with Crippen LogP contribution in [0.3, 0.4) is 0 Å². The fourth-order valence-corrected chi connectivity index (χ4v) is 2.40. The Balaban J connectivity index is 0.00000364. The topological polar surface area (TPSA) is 88.7 Å². The van der Waals surface area contributed by atoms with Crippen LogP contribution in [0.25, 0.3) is 0 Å². The van der Waals surface area contributed by atoms with Crippen LogP contribution in [0, 0.1) is 0 Å². The lowest BCUT2D eigenvalue weighted by atomic mass is 10.1. The summed E-state index contributed by atoms with van der Waals surface area (Å²) in [6.45, 7) is 4.12. The van der Waals surface area contributed by atoms with Crippen molar-refractivity contribution in [3.05, 3.63) is 65.2 Å². The Hall–Kier alpha value is -2.29. The molecule has 0 aliphatic carbocycles. The van der Waals surface area contributed by atoms with Crippen LogP contribution in [0.2, 0.25) is 0 Å². The van der Waals surface area contributed by atoms with E-state index in [0.717, 1.165) is 36.8 Å². The number of aliphatic imine (C=N–C) groups is 1. The molecule has 0 saturated heterocycles. The zero-order valence-electron chi connectivity index (χ0n) is 15.7. The van der Waals surface area contributed by atoms with Crippen molar-refractivity contribution < 1.29 is 9.53 Å². The lowest BCUT2D eigenvalue weighted by Crippen LogP contribution is -2.38. The van der Waals surface area contributed by atoms with Gasteiger partial charge in [-0.3, -0.25) is 4.79 Å². The van der Waals surface area contributed by atoms with E-state index in [1.807, 2.05) is 31.2 Å². The average Bonchev–Trinajstić information content (AvgIpc) is 2.67. The summed E-state index contributed by atoms with van der Waals surface area (Å²) in [5.41, 5.74) is 8.00. The molecule has 7 heteroatoms. The fraction of sp³-hybridized carbons (Fsp3) is 0.300. The van der Waals surface area contributed by atoms with Gasteiger partial charge in [0.15, 0.2) is 5.96 Å². The van der Waals surface area contributed by atoms with Crippen LogP contribution in [0.1, 0.15) is 28.4 Å². The first-order chi connectivity index (χ1) is 12.6. The number of halogens is 1. The summed E-state index contributed by atoms with van der Waals surface area (Å²) in [4.78, 5) is 15.7. The maximum atomic E-state index is 11.1. The van der Waals surface area contributed by atoms with Crippen LogP contribution in [0.15, 0.2) is 53.5 Å². The number of amides is 1. The minimum absolute atomic E-state index is 0. The van der Waals surface area contributed by atoms with Gasteiger partial charge in [-0.25, -0.2) is 4.99 Å². The molecular weight excluding hydrogens is 455 g/mol. The quantitative estimate of drug-likeness (QED) is 0.307. The largest absolute Gasteiger partial charge is 0.497 e. The van der Waals surface area contributed by atoms with E-state index in [-0.39, 0.29) is 24.0 Å². The third-order valence-corrected chi connectivity index (χ3v) is 3.87. The molecule has 0 unspecified atom stereocenters. The summed E-state index contributed by atoms with van der Waals surface area (Å²) >= 11 is 0. The summed E-state index contributed by atoms with van der Waals surface area (Å²) in [6, 6.07) is 15.2. The first-order valence-electron chi connectivity index (χ1n) is 8.66. The van der Waals surface area contributed by atoms with Gasteiger partial charge in [-0.1, -0.05) is 24.3 Å². The summed E-state index contributed by atoms with van der Waals surface area (Å²) in [5.74, 6) is 1.20. The molecule has 6 nitrogen and oxygen atoms in total. The second-order valence-corrected chi connectivity index (χ2v) is 5.78. The zero-order chi connectivity index (χ0) is 18.8. The number of carbonyl (C=O) groups excluding carboxylic acids is 1. The molecular formula is C20H27IN4O2. The number of primary amides is 1. The first kappa shape index (κ1) is 22.8. The number of nitrogens with two attached hydrogens (primary N) is 1. The third kappa shape index (κ3) is 7.86. The molecule has 1 amide bonds. The zero-order valence-corrected chi connectivity index (χ0v) is 18.0. The van der Waals surface area contributed by atoms with Gasteiger partial charge < -0.3 is 21.1 Å². The maximum absolute atomic E-state index is 11.1. The van der Waals surface area contributed by atoms with Gasteiger partial charge in [0.1, 0.15) is 5.75 Å². The van der Waals surface area contributed by atoms with Crippen LogP contribution in [0.4, 0.5) is 0 Å². The molecule has 0 heterocycles. The van der Waals surface area contributed by atoms with Crippen molar-refractivity contribution in [2.24, 2.45) is 10.7 Å². The number of carbonyl (C=O) groups is 1. The van der Waals surface area contributed by atoms with Gasteiger partial charge in [-0.15, -0.1) is 24.0 Å². The molecule has 146 valence electrons. The number of nitrogens with zero attached hydrogens (tertiary/aromatic N) is 1. The molecule has 0 atom stereocenters. The van der Waals surface area contributed by atoms with Gasteiger partial charge in [0.2, 0.25) is 5.91 Å². The Bertz CT molecular complexity index is 731. The second-order valence-electron chi connectivity index (χ2n) is 5.78. The minimum Gasteiger partial charge on any atom is -0.497 e. The molecule has 0 spiro atoms. The Morgan fingerprint density at radius 2 is 1.67 bits per heavy atom. The molecule has 4 N–H and O–H groups in total. The van der Waals surface area contributed by atoms with Crippen LogP contribution in [0.5, 0.6) is 5.75 Å². The Kier molecular flexibility index (Phi) is 10.2. The molecule has 2 aromatic rings. The molecule has 0 aliphatic rings. The number of hydrogen-bond donors (Lipinski definition) is 3. The smallest absolute Gasteiger partial charge is 0.248 e. The van der Waals surface area contributed by atoms with Crippen LogP contribution in [-0.4, -0.2) is 32.1 Å². The molecule has 0 aromatic heterocycles. The highest BCUT2D eigenvalue weighted by Gasteiger charge is 2.01. The van der Waals surface area contributed by atoms with Crippen LogP contribution >= 0.6 is 24.0 Å². The normalized spacial score (nSPS) is 10.7. The van der Waals surface area contributed by atoms with Crippen molar-refractivity contribution in [1.29, 1.82) is 0 Å². The maximum Gasteiger partial charge on any atom is 0.248 e. The summed E-state index contributed by atoms with van der Waals surface area (Å²) in [7, 11) is 1.66. The van der Waals surface area contributed by atoms with Crippen molar-refractivity contribution in [3.63, 3.8) is 0 Å². The fourth-order valence-electron chi connectivity index (χ4n) is 2.40. The highest BCUT2D eigenvalue weighted by atomic mass is 127. The first-order valence-corrected chi connectivity index (χ1v) is 8.66. The average molecular weight is 482 g/mol. The van der Waals surface area contributed by atoms with E-state index in [4.69, 9.17) is 10.5 Å². The SMILES string of the molecule is CCNC(=NCc1ccc(C(N)=O)cc1)NCCc1ccc(OC)cc1.I. The monoisotopic (exact) mass is 482 g/mol. The van der Waals surface area contributed by atoms with Crippen LogP contribution < -0.4 is 21.1 Å². The molecule has 2 rings (SSSR count). The number of benzene rings is 2. The lowest BCUT2D eigenvalue weighted by molar-refractivity contribution is 0.100. The van der Waals surface area contributed by atoms with Gasteiger partial charge >= 0.3 is 0 Å². The number of ether oxygens (including phenoxy) is 1. The van der Waals surface area contributed by atoms with Crippen molar-refractivity contribution >= 4 is 35.8 Å². The van der Waals surface area contributed by atoms with Crippen molar-refractivity contribution in [1.82, 2.24) is 10.6 Å². The predicted octanol–water partition coefficient (Wildman–Crippen LogP) is 2.71. The van der Waals surface area contributed by atoms with E-state index in [0.29, 0.717) is 12.1 Å². The highest BCUT2D eigenvalue weighted by Crippen LogP contribution is 2.11. The van der Waals surface area contributed by atoms with E-state index < -0.39 is 5.91 Å². The standard InChI is InChI=1S/C20H26N4O2.HI/c1-3-22-20(23-13-12-15-6-10-18(26-2)11-7-15)24-14-16-4-8-17(9-5-16)19(21)25;/h4-11H,3,12-14H2,1-2H3,(H2,21,25)(H2,22,23,24);1H. The van der Waals surface area contributed by atoms with Gasteiger partial charge in [-0.2, -0.15) is 0 Å². The van der Waals surface area contributed by atoms with E-state index >= 15 is 0 Å². The van der Waals surface area contributed by atoms with Gasteiger partial charge in [0.05, 0.1) is 13.7 Å². The van der Waals surface area contributed by atoms with Crippen molar-refractivity contribution in [2.75, 3.05) is 20.2 Å². The molecule has 0 saturated carbocycles. The molecule has 0 radical (unpaired) electrons. The molecule has 0 fully saturated rings. The number of nitrogens with one attached hydrogen (secondary N) is 2. The van der Waals surface area contributed by atoms with E-state index in [1.54, 1.807) is 19.2 Å². The van der Waals surface area contributed by atoms with Gasteiger partial charge in [0, 0.05) is 18.7 Å². The van der Waals surface area contributed by atoms with E-state index in [9.17, 15) is 4.79 Å². The van der Waals surface area contributed by atoms with Crippen molar-refractivity contribution in [3.8, 4) is 5.75 Å². The number of hydrogen-bond acceptors (Lipinski definition) is 3. The Labute approximate surface area is 177 Å². The molecule has 0 aliphatic heterocycles. The molecule has 0 bridgehead atoms. The number of methoxy groups -OCH3 is 1. The number of rotatable bonds is 8. The third-order valence-electron chi connectivity index (χ3n) is 3.87. The minimum atomic E-state index is -0.423. The van der Waals surface area contributed by atoms with Gasteiger partial charge in [-0.05, 0) is 48.7 Å². The van der Waals surface area contributed by atoms with Gasteiger partial charge in [0.25, 0.3) is 0 Å². The van der Waals surface area contributed by atoms with E-state index in [2.05, 4.69) is 27.8 Å². The molecule has 27 heavy (non-hydrogen) atoms. The molecule has 2 aromatic carbocycles. The van der Waals surface area contributed by atoms with Crippen LogP contribution in [-0.2, 0) is 13.0 Å².